The topological polar surface area (TPSA) is 54.4 Å². The molecule has 0 aliphatic carbocycles. The van der Waals surface area contributed by atoms with Crippen molar-refractivity contribution >= 4 is 11.3 Å². The predicted molar refractivity (Wildman–Crippen MR) is 73.7 cm³/mol. The van der Waals surface area contributed by atoms with Gasteiger partial charge in [-0.05, 0) is 13.8 Å². The number of nitrogens with one attached hydrogen (secondary N) is 1. The Bertz CT molecular complexity index is 395. The minimum atomic E-state index is -0.480. The first-order valence-electron chi connectivity index (χ1n) is 5.99. The zero-order valence-electron chi connectivity index (χ0n) is 10.9. The van der Waals surface area contributed by atoms with Crippen LogP contribution in [0.2, 0.25) is 0 Å². The van der Waals surface area contributed by atoms with Crippen molar-refractivity contribution in [1.82, 2.24) is 10.3 Å². The first kappa shape index (κ1) is 15.1. The molecule has 0 saturated carbocycles. The summed E-state index contributed by atoms with van der Waals surface area (Å²) in [6.45, 7) is 5.88. The molecule has 18 heavy (non-hydrogen) atoms. The van der Waals surface area contributed by atoms with Crippen LogP contribution in [0.4, 0.5) is 0 Å². The predicted octanol–water partition coefficient (Wildman–Crippen LogP) is 0.984. The van der Waals surface area contributed by atoms with E-state index in [0.717, 1.165) is 12.1 Å². The standard InChI is InChI=1S/C13H20N2O2S/c1-3-4-6-14-8-12(16)9-17-7-5-13-11(2)15-10-18-13/h10,12,14,16H,5-9H2,1-2H3. The molecule has 4 nitrogen and oxygen atoms in total. The van der Waals surface area contributed by atoms with Crippen LogP contribution in [0, 0.1) is 18.8 Å². The molecule has 0 aromatic carbocycles. The van der Waals surface area contributed by atoms with Gasteiger partial charge in [-0.15, -0.1) is 17.3 Å². The number of aliphatic hydroxyl groups is 1. The molecule has 1 unspecified atom stereocenters. The van der Waals surface area contributed by atoms with Crippen LogP contribution in [0.15, 0.2) is 5.51 Å². The van der Waals surface area contributed by atoms with Gasteiger partial charge >= 0.3 is 0 Å². The van der Waals surface area contributed by atoms with E-state index in [2.05, 4.69) is 22.1 Å². The van der Waals surface area contributed by atoms with E-state index in [4.69, 9.17) is 4.74 Å². The van der Waals surface area contributed by atoms with Crippen LogP contribution < -0.4 is 5.32 Å². The summed E-state index contributed by atoms with van der Waals surface area (Å²) in [6.07, 6.45) is 0.379. The number of nitrogens with zero attached hydrogens (tertiary/aromatic N) is 1. The van der Waals surface area contributed by atoms with Gasteiger partial charge in [0, 0.05) is 17.8 Å². The van der Waals surface area contributed by atoms with Crippen molar-refractivity contribution in [1.29, 1.82) is 0 Å². The molecule has 1 heterocycles. The lowest BCUT2D eigenvalue weighted by molar-refractivity contribution is 0.0390. The normalized spacial score (nSPS) is 11.9. The third-order valence-electron chi connectivity index (χ3n) is 2.40. The highest BCUT2D eigenvalue weighted by Gasteiger charge is 2.04. The minimum Gasteiger partial charge on any atom is -0.389 e. The molecule has 0 saturated heterocycles. The molecule has 1 rings (SSSR count). The Labute approximate surface area is 112 Å². The highest BCUT2D eigenvalue weighted by molar-refractivity contribution is 7.09. The molecular formula is C13H20N2O2S. The molecule has 0 spiro atoms. The van der Waals surface area contributed by atoms with Crippen LogP contribution in [0.3, 0.4) is 0 Å². The average molecular weight is 268 g/mol. The molecule has 0 amide bonds. The molecule has 1 aromatic rings. The van der Waals surface area contributed by atoms with E-state index in [1.165, 1.54) is 4.88 Å². The summed E-state index contributed by atoms with van der Waals surface area (Å²) >= 11 is 1.65. The fourth-order valence-corrected chi connectivity index (χ4v) is 2.16. The van der Waals surface area contributed by atoms with Crippen molar-refractivity contribution in [2.45, 2.75) is 26.4 Å². The Morgan fingerprint density at radius 1 is 1.61 bits per heavy atom. The third kappa shape index (κ3) is 6.12. The van der Waals surface area contributed by atoms with Gasteiger partial charge in [-0.25, -0.2) is 4.98 Å². The van der Waals surface area contributed by atoms with Gasteiger partial charge in [-0.3, -0.25) is 0 Å². The fraction of sp³-hybridized carbons (Fsp3) is 0.615. The summed E-state index contributed by atoms with van der Waals surface area (Å²) in [4.78, 5) is 5.43. The lowest BCUT2D eigenvalue weighted by atomic mass is 10.3. The summed E-state index contributed by atoms with van der Waals surface area (Å²) in [5.74, 6) is 5.66. The highest BCUT2D eigenvalue weighted by atomic mass is 32.1. The first-order chi connectivity index (χ1) is 8.74. The highest BCUT2D eigenvalue weighted by Crippen LogP contribution is 2.12. The van der Waals surface area contributed by atoms with Gasteiger partial charge in [0.1, 0.15) is 0 Å². The maximum atomic E-state index is 9.61. The third-order valence-corrected chi connectivity index (χ3v) is 3.39. The number of aromatic nitrogens is 1. The first-order valence-corrected chi connectivity index (χ1v) is 6.87. The van der Waals surface area contributed by atoms with Crippen LogP contribution in [-0.2, 0) is 11.2 Å². The molecule has 0 aliphatic heterocycles. The maximum Gasteiger partial charge on any atom is 0.0897 e. The van der Waals surface area contributed by atoms with Crippen molar-refractivity contribution in [2.24, 2.45) is 0 Å². The van der Waals surface area contributed by atoms with Gasteiger partial charge in [0.25, 0.3) is 0 Å². The smallest absolute Gasteiger partial charge is 0.0897 e. The molecule has 0 aliphatic rings. The Morgan fingerprint density at radius 2 is 2.44 bits per heavy atom. The van der Waals surface area contributed by atoms with E-state index in [-0.39, 0.29) is 0 Å². The molecule has 5 heteroatoms. The molecule has 2 N–H and O–H groups in total. The van der Waals surface area contributed by atoms with Crippen molar-refractivity contribution in [3.8, 4) is 11.8 Å². The second-order valence-corrected chi connectivity index (χ2v) is 4.84. The van der Waals surface area contributed by atoms with E-state index in [1.807, 2.05) is 12.4 Å². The quantitative estimate of drug-likeness (QED) is 0.545. The van der Waals surface area contributed by atoms with Gasteiger partial charge < -0.3 is 15.2 Å². The number of rotatable bonds is 8. The molecule has 0 radical (unpaired) electrons. The fourth-order valence-electron chi connectivity index (χ4n) is 1.40. The lowest BCUT2D eigenvalue weighted by Gasteiger charge is -2.11. The summed E-state index contributed by atoms with van der Waals surface area (Å²) in [6, 6.07) is 0. The van der Waals surface area contributed by atoms with Gasteiger partial charge in [0.15, 0.2) is 0 Å². The average Bonchev–Trinajstić information content (AvgIpc) is 2.76. The van der Waals surface area contributed by atoms with Crippen LogP contribution in [0.5, 0.6) is 0 Å². The van der Waals surface area contributed by atoms with Gasteiger partial charge in [0.2, 0.25) is 0 Å². The zero-order valence-corrected chi connectivity index (χ0v) is 11.7. The number of aliphatic hydroxyl groups excluding tert-OH is 1. The van der Waals surface area contributed by atoms with E-state index in [0.29, 0.717) is 26.3 Å². The minimum absolute atomic E-state index is 0.352. The van der Waals surface area contributed by atoms with E-state index in [1.54, 1.807) is 18.3 Å². The van der Waals surface area contributed by atoms with Gasteiger partial charge in [-0.1, -0.05) is 5.92 Å². The van der Waals surface area contributed by atoms with Crippen molar-refractivity contribution in [2.75, 3.05) is 26.3 Å². The SMILES string of the molecule is CC#CCNCC(O)COCCc1scnc1C. The molecule has 1 atom stereocenters. The van der Waals surface area contributed by atoms with Crippen LogP contribution in [-0.4, -0.2) is 42.5 Å². The largest absolute Gasteiger partial charge is 0.389 e. The van der Waals surface area contributed by atoms with Crippen molar-refractivity contribution in [3.63, 3.8) is 0 Å². The number of hydrogen-bond donors (Lipinski definition) is 2. The maximum absolute atomic E-state index is 9.61. The van der Waals surface area contributed by atoms with E-state index in [9.17, 15) is 5.11 Å². The van der Waals surface area contributed by atoms with Gasteiger partial charge in [-0.2, -0.15) is 0 Å². The Balaban J connectivity index is 2.03. The van der Waals surface area contributed by atoms with Crippen LogP contribution in [0.1, 0.15) is 17.5 Å². The molecule has 0 bridgehead atoms. The molecule has 100 valence electrons. The van der Waals surface area contributed by atoms with E-state index < -0.39 is 6.10 Å². The monoisotopic (exact) mass is 268 g/mol. The second-order valence-electron chi connectivity index (χ2n) is 3.90. The number of ether oxygens (including phenoxy) is 1. The molecular weight excluding hydrogens is 248 g/mol. The molecule has 1 aromatic heterocycles. The summed E-state index contributed by atoms with van der Waals surface area (Å²) in [5, 5.41) is 12.7. The number of thiazole rings is 1. The molecule has 0 fully saturated rings. The van der Waals surface area contributed by atoms with Crippen molar-refractivity contribution in [3.05, 3.63) is 16.1 Å². The lowest BCUT2D eigenvalue weighted by Crippen LogP contribution is -2.30. The van der Waals surface area contributed by atoms with Crippen molar-refractivity contribution < 1.29 is 9.84 Å². The summed E-state index contributed by atoms with van der Waals surface area (Å²) in [7, 11) is 0. The Morgan fingerprint density at radius 3 is 3.11 bits per heavy atom. The summed E-state index contributed by atoms with van der Waals surface area (Å²) in [5.41, 5.74) is 2.92. The zero-order chi connectivity index (χ0) is 13.2. The summed E-state index contributed by atoms with van der Waals surface area (Å²) < 4.78 is 5.43. The van der Waals surface area contributed by atoms with Crippen LogP contribution >= 0.6 is 11.3 Å². The van der Waals surface area contributed by atoms with Crippen LogP contribution in [0.25, 0.3) is 0 Å². The Hall–Kier alpha value is -0.930. The van der Waals surface area contributed by atoms with E-state index >= 15 is 0 Å². The number of hydrogen-bond acceptors (Lipinski definition) is 5. The Kier molecular flexibility index (Phi) is 7.62. The number of aryl methyl sites for hydroxylation is 1. The van der Waals surface area contributed by atoms with Gasteiger partial charge in [0.05, 0.1) is 37.1 Å². The second kappa shape index (κ2) is 9.06.